The number of nitrogens with one attached hydrogen (secondary N) is 2. The van der Waals surface area contributed by atoms with Crippen LogP contribution in [0.15, 0.2) is 41.3 Å². The van der Waals surface area contributed by atoms with Crippen molar-refractivity contribution in [3.8, 4) is 5.75 Å². The van der Waals surface area contributed by atoms with E-state index in [1.807, 2.05) is 43.0 Å². The minimum Gasteiger partial charge on any atom is -0.491 e. The number of carbonyl (C=O) groups excluding carboxylic acids is 1. The van der Waals surface area contributed by atoms with Gasteiger partial charge in [-0.05, 0) is 44.4 Å². The number of aromatic nitrogens is 2. The molecule has 144 valence electrons. The Morgan fingerprint density at radius 1 is 1.37 bits per heavy atom. The molecule has 1 amide bonds. The highest BCUT2D eigenvalue weighted by Gasteiger charge is 2.26. The fourth-order valence-corrected chi connectivity index (χ4v) is 3.26. The number of nitrogens with zero attached hydrogens (tertiary/aromatic N) is 2. The Labute approximate surface area is 158 Å². The fourth-order valence-electron chi connectivity index (χ4n) is 3.26. The van der Waals surface area contributed by atoms with Crippen LogP contribution < -0.4 is 20.5 Å². The maximum atomic E-state index is 12.6. The van der Waals surface area contributed by atoms with E-state index in [-0.39, 0.29) is 23.5 Å². The van der Waals surface area contributed by atoms with Gasteiger partial charge in [0.05, 0.1) is 23.9 Å². The lowest BCUT2D eigenvalue weighted by atomic mass is 9.96. The summed E-state index contributed by atoms with van der Waals surface area (Å²) in [6, 6.07) is 9.29. The molecular formula is C20H26N4O3. The van der Waals surface area contributed by atoms with Gasteiger partial charge in [-0.25, -0.2) is 5.10 Å². The van der Waals surface area contributed by atoms with E-state index >= 15 is 0 Å². The van der Waals surface area contributed by atoms with Gasteiger partial charge in [0, 0.05) is 25.7 Å². The molecule has 2 aromatic rings. The summed E-state index contributed by atoms with van der Waals surface area (Å²) in [7, 11) is 0. The number of rotatable bonds is 6. The third-order valence-electron chi connectivity index (χ3n) is 4.57. The van der Waals surface area contributed by atoms with Gasteiger partial charge < -0.3 is 15.0 Å². The smallest absolute Gasteiger partial charge is 0.266 e. The van der Waals surface area contributed by atoms with Crippen LogP contribution in [0.2, 0.25) is 0 Å². The molecule has 1 aliphatic heterocycles. The largest absolute Gasteiger partial charge is 0.491 e. The van der Waals surface area contributed by atoms with Crippen LogP contribution in [0.5, 0.6) is 5.75 Å². The van der Waals surface area contributed by atoms with Crippen molar-refractivity contribution in [2.45, 2.75) is 39.3 Å². The second kappa shape index (κ2) is 8.70. The molecule has 7 nitrogen and oxygen atoms in total. The molecule has 1 saturated heterocycles. The zero-order valence-corrected chi connectivity index (χ0v) is 15.8. The first-order valence-electron chi connectivity index (χ1n) is 9.34. The summed E-state index contributed by atoms with van der Waals surface area (Å²) >= 11 is 0. The SMILES string of the molecule is CC(C)Oc1ccc(CNC(=O)C2CCCN(c3cn[nH]c(=O)c3)C2)cc1. The number of hydrogen-bond acceptors (Lipinski definition) is 5. The van der Waals surface area contributed by atoms with E-state index in [0.717, 1.165) is 36.4 Å². The Morgan fingerprint density at radius 2 is 2.15 bits per heavy atom. The van der Waals surface area contributed by atoms with Gasteiger partial charge in [0.15, 0.2) is 0 Å². The Hall–Kier alpha value is -2.83. The van der Waals surface area contributed by atoms with Gasteiger partial charge in [-0.1, -0.05) is 12.1 Å². The third kappa shape index (κ3) is 5.32. The molecule has 1 aromatic carbocycles. The van der Waals surface area contributed by atoms with Crippen molar-refractivity contribution in [3.05, 3.63) is 52.4 Å². The predicted octanol–water partition coefficient (Wildman–Crippen LogP) is 2.09. The molecule has 7 heteroatoms. The monoisotopic (exact) mass is 370 g/mol. The zero-order valence-electron chi connectivity index (χ0n) is 15.8. The standard InChI is InChI=1S/C20H26N4O3/c1-14(2)27-18-7-5-15(6-8-18)11-21-20(26)16-4-3-9-24(13-16)17-10-19(25)23-22-12-17/h5-8,10,12,14,16H,3-4,9,11,13H2,1-2H3,(H,21,26)(H,23,25). The topological polar surface area (TPSA) is 87.3 Å². The van der Waals surface area contributed by atoms with Crippen LogP contribution in [0.25, 0.3) is 0 Å². The summed E-state index contributed by atoms with van der Waals surface area (Å²) in [6.07, 6.45) is 3.52. The van der Waals surface area contributed by atoms with Crippen molar-refractivity contribution in [2.75, 3.05) is 18.0 Å². The number of amides is 1. The Bertz CT molecular complexity index is 816. The molecular weight excluding hydrogens is 344 g/mol. The van der Waals surface area contributed by atoms with E-state index in [1.54, 1.807) is 6.20 Å². The molecule has 0 aliphatic carbocycles. The summed E-state index contributed by atoms with van der Waals surface area (Å²) in [5, 5.41) is 9.24. The van der Waals surface area contributed by atoms with Gasteiger partial charge in [0.1, 0.15) is 5.75 Å². The molecule has 2 N–H and O–H groups in total. The molecule has 0 bridgehead atoms. The Morgan fingerprint density at radius 3 is 2.85 bits per heavy atom. The summed E-state index contributed by atoms with van der Waals surface area (Å²) in [5.74, 6) is 0.774. The van der Waals surface area contributed by atoms with Crippen molar-refractivity contribution in [1.29, 1.82) is 0 Å². The van der Waals surface area contributed by atoms with Crippen LogP contribution in [0, 0.1) is 5.92 Å². The molecule has 1 aromatic heterocycles. The lowest BCUT2D eigenvalue weighted by Gasteiger charge is -2.33. The minimum atomic E-state index is -0.232. The van der Waals surface area contributed by atoms with Crippen molar-refractivity contribution in [3.63, 3.8) is 0 Å². The lowest BCUT2D eigenvalue weighted by Crippen LogP contribution is -2.43. The van der Waals surface area contributed by atoms with E-state index < -0.39 is 0 Å². The molecule has 1 aliphatic rings. The van der Waals surface area contributed by atoms with Crippen LogP contribution in [0.4, 0.5) is 5.69 Å². The predicted molar refractivity (Wildman–Crippen MR) is 104 cm³/mol. The van der Waals surface area contributed by atoms with Crippen LogP contribution >= 0.6 is 0 Å². The molecule has 1 unspecified atom stereocenters. The van der Waals surface area contributed by atoms with Crippen LogP contribution in [0.1, 0.15) is 32.3 Å². The van der Waals surface area contributed by atoms with E-state index in [4.69, 9.17) is 4.74 Å². The van der Waals surface area contributed by atoms with Crippen molar-refractivity contribution in [1.82, 2.24) is 15.5 Å². The molecule has 1 fully saturated rings. The van der Waals surface area contributed by atoms with Gasteiger partial charge in [0.2, 0.25) is 5.91 Å². The second-order valence-corrected chi connectivity index (χ2v) is 7.12. The highest BCUT2D eigenvalue weighted by molar-refractivity contribution is 5.79. The number of anilines is 1. The second-order valence-electron chi connectivity index (χ2n) is 7.12. The van der Waals surface area contributed by atoms with Crippen LogP contribution in [-0.4, -0.2) is 35.3 Å². The van der Waals surface area contributed by atoms with Gasteiger partial charge in [-0.15, -0.1) is 0 Å². The molecule has 0 radical (unpaired) electrons. The Kier molecular flexibility index (Phi) is 6.11. The first-order chi connectivity index (χ1) is 13.0. The van der Waals surface area contributed by atoms with E-state index in [0.29, 0.717) is 13.1 Å². The van der Waals surface area contributed by atoms with Gasteiger partial charge in [-0.2, -0.15) is 5.10 Å². The quantitative estimate of drug-likeness (QED) is 0.813. The molecule has 3 rings (SSSR count). The van der Waals surface area contributed by atoms with Crippen molar-refractivity contribution >= 4 is 11.6 Å². The Balaban J connectivity index is 1.54. The van der Waals surface area contributed by atoms with E-state index in [2.05, 4.69) is 15.5 Å². The van der Waals surface area contributed by atoms with Gasteiger partial charge >= 0.3 is 0 Å². The highest BCUT2D eigenvalue weighted by atomic mass is 16.5. The normalized spacial score (nSPS) is 17.0. The number of carbonyl (C=O) groups is 1. The lowest BCUT2D eigenvalue weighted by molar-refractivity contribution is -0.125. The molecule has 27 heavy (non-hydrogen) atoms. The number of H-pyrrole nitrogens is 1. The van der Waals surface area contributed by atoms with E-state index in [1.165, 1.54) is 6.07 Å². The highest BCUT2D eigenvalue weighted by Crippen LogP contribution is 2.22. The number of hydrogen-bond donors (Lipinski definition) is 2. The molecule has 0 spiro atoms. The first kappa shape index (κ1) is 18.9. The van der Waals surface area contributed by atoms with Crippen molar-refractivity contribution in [2.24, 2.45) is 5.92 Å². The number of aromatic amines is 1. The third-order valence-corrected chi connectivity index (χ3v) is 4.57. The fraction of sp³-hybridized carbons (Fsp3) is 0.450. The zero-order chi connectivity index (χ0) is 19.2. The summed E-state index contributed by atoms with van der Waals surface area (Å²) < 4.78 is 5.63. The first-order valence-corrected chi connectivity index (χ1v) is 9.34. The van der Waals surface area contributed by atoms with Crippen molar-refractivity contribution < 1.29 is 9.53 Å². The average Bonchev–Trinajstić information content (AvgIpc) is 2.67. The van der Waals surface area contributed by atoms with Gasteiger partial charge in [-0.3, -0.25) is 9.59 Å². The maximum absolute atomic E-state index is 12.6. The molecule has 0 saturated carbocycles. The van der Waals surface area contributed by atoms with Crippen LogP contribution in [-0.2, 0) is 11.3 Å². The van der Waals surface area contributed by atoms with E-state index in [9.17, 15) is 9.59 Å². The van der Waals surface area contributed by atoms with Gasteiger partial charge in [0.25, 0.3) is 5.56 Å². The molecule has 2 heterocycles. The summed E-state index contributed by atoms with van der Waals surface area (Å²) in [6.45, 7) is 5.89. The average molecular weight is 370 g/mol. The minimum absolute atomic E-state index is 0.0417. The number of benzene rings is 1. The molecule has 1 atom stereocenters. The number of piperidine rings is 1. The summed E-state index contributed by atoms with van der Waals surface area (Å²) in [5.41, 5.74) is 1.56. The van der Waals surface area contributed by atoms with Crippen LogP contribution in [0.3, 0.4) is 0 Å². The number of ether oxygens (including phenoxy) is 1. The maximum Gasteiger partial charge on any atom is 0.266 e. The summed E-state index contributed by atoms with van der Waals surface area (Å²) in [4.78, 5) is 26.1.